The summed E-state index contributed by atoms with van der Waals surface area (Å²) in [6.07, 6.45) is 5.92. The average molecular weight is 459 g/mol. The number of nitrogens with one attached hydrogen (secondary N) is 1. The van der Waals surface area contributed by atoms with Crippen molar-refractivity contribution < 1.29 is 9.53 Å². The van der Waals surface area contributed by atoms with Crippen molar-refractivity contribution in [1.82, 2.24) is 20.2 Å². The number of amides is 1. The predicted molar refractivity (Wildman–Crippen MR) is 136 cm³/mol. The molecule has 1 aromatic heterocycles. The van der Waals surface area contributed by atoms with Crippen LogP contribution < -0.4 is 10.1 Å². The van der Waals surface area contributed by atoms with Crippen LogP contribution in [-0.2, 0) is 11.2 Å². The summed E-state index contributed by atoms with van der Waals surface area (Å²) < 4.78 is 6.04. The lowest BCUT2D eigenvalue weighted by Gasteiger charge is -2.26. The number of ether oxygens (including phenoxy) is 1. The number of benzene rings is 2. The Morgan fingerprint density at radius 2 is 1.79 bits per heavy atom. The van der Waals surface area contributed by atoms with E-state index in [0.29, 0.717) is 18.1 Å². The number of piperidine rings is 1. The molecule has 0 unspecified atom stereocenters. The first kappa shape index (κ1) is 23.9. The lowest BCUT2D eigenvalue weighted by atomic mass is 10.0. The van der Waals surface area contributed by atoms with Gasteiger partial charge in [-0.1, -0.05) is 48.9 Å². The zero-order chi connectivity index (χ0) is 23.8. The molecule has 6 heteroatoms. The Morgan fingerprint density at radius 1 is 1.03 bits per heavy atom. The minimum absolute atomic E-state index is 0.0494. The first-order valence-electron chi connectivity index (χ1n) is 12.2. The van der Waals surface area contributed by atoms with E-state index < -0.39 is 0 Å². The largest absolute Gasteiger partial charge is 0.492 e. The quantitative estimate of drug-likeness (QED) is 0.502. The van der Waals surface area contributed by atoms with Gasteiger partial charge in [-0.2, -0.15) is 0 Å². The van der Waals surface area contributed by atoms with Crippen molar-refractivity contribution in [2.75, 3.05) is 26.2 Å². The number of likely N-dealkylation sites (tertiary alicyclic amines) is 1. The van der Waals surface area contributed by atoms with Crippen molar-refractivity contribution in [3.05, 3.63) is 66.5 Å². The molecule has 2 heterocycles. The van der Waals surface area contributed by atoms with E-state index in [1.807, 2.05) is 74.6 Å². The number of hydrogen-bond donors (Lipinski definition) is 1. The first-order valence-corrected chi connectivity index (χ1v) is 12.2. The summed E-state index contributed by atoms with van der Waals surface area (Å²) in [5.74, 6) is 1.35. The van der Waals surface area contributed by atoms with Crippen LogP contribution in [-0.4, -0.2) is 53.1 Å². The van der Waals surface area contributed by atoms with Crippen LogP contribution in [0.5, 0.6) is 5.75 Å². The van der Waals surface area contributed by atoms with Crippen molar-refractivity contribution in [2.24, 2.45) is 0 Å². The highest BCUT2D eigenvalue weighted by atomic mass is 16.5. The zero-order valence-electron chi connectivity index (χ0n) is 20.2. The molecule has 1 amide bonds. The molecule has 0 atom stereocenters. The number of rotatable bonds is 9. The van der Waals surface area contributed by atoms with Gasteiger partial charge in [-0.25, -0.2) is 9.97 Å². The summed E-state index contributed by atoms with van der Waals surface area (Å²) in [6, 6.07) is 17.9. The lowest BCUT2D eigenvalue weighted by Crippen LogP contribution is -2.33. The minimum Gasteiger partial charge on any atom is -0.492 e. The van der Waals surface area contributed by atoms with Crippen LogP contribution in [0.4, 0.5) is 0 Å². The number of nitrogens with zero attached hydrogens (tertiary/aromatic N) is 3. The normalized spacial score (nSPS) is 14.2. The summed E-state index contributed by atoms with van der Waals surface area (Å²) in [7, 11) is 0. The molecule has 1 aliphatic heterocycles. The molecule has 0 saturated carbocycles. The van der Waals surface area contributed by atoms with Gasteiger partial charge >= 0.3 is 0 Å². The van der Waals surface area contributed by atoms with Gasteiger partial charge in [0.1, 0.15) is 12.4 Å². The zero-order valence-corrected chi connectivity index (χ0v) is 20.2. The number of carbonyl (C=O) groups is 1. The molecule has 3 aromatic rings. The van der Waals surface area contributed by atoms with E-state index in [0.717, 1.165) is 42.1 Å². The molecule has 0 bridgehead atoms. The Labute approximate surface area is 202 Å². The van der Waals surface area contributed by atoms with Gasteiger partial charge in [0, 0.05) is 29.9 Å². The molecule has 1 fully saturated rings. The molecular weight excluding hydrogens is 424 g/mol. The maximum Gasteiger partial charge on any atom is 0.226 e. The summed E-state index contributed by atoms with van der Waals surface area (Å²) in [5, 5.41) is 2.97. The predicted octanol–water partition coefficient (Wildman–Crippen LogP) is 4.74. The summed E-state index contributed by atoms with van der Waals surface area (Å²) in [5.41, 5.74) is 3.46. The molecule has 1 aliphatic rings. The number of carbonyl (C=O) groups excluding carboxylic acids is 1. The third kappa shape index (κ3) is 6.64. The van der Waals surface area contributed by atoms with E-state index in [-0.39, 0.29) is 18.4 Å². The third-order valence-electron chi connectivity index (χ3n) is 5.95. The molecule has 1 N–H and O–H groups in total. The standard InChI is InChI=1S/C28H34N4O2/c1-21(2)30-27(33)19-26-25(22-10-5-3-6-11-22)20-29-28(31-26)23-12-9-13-24(18-23)34-17-16-32-14-7-4-8-15-32/h3,5-6,9-13,18,20-21H,4,7-8,14-17,19H2,1-2H3,(H,30,33). The molecule has 1 saturated heterocycles. The van der Waals surface area contributed by atoms with E-state index >= 15 is 0 Å². The van der Waals surface area contributed by atoms with Crippen molar-refractivity contribution in [3.8, 4) is 28.3 Å². The minimum atomic E-state index is -0.0494. The third-order valence-corrected chi connectivity index (χ3v) is 5.95. The second kappa shape index (κ2) is 11.7. The van der Waals surface area contributed by atoms with Crippen molar-refractivity contribution in [2.45, 2.75) is 45.6 Å². The second-order valence-electron chi connectivity index (χ2n) is 9.10. The van der Waals surface area contributed by atoms with E-state index in [4.69, 9.17) is 9.72 Å². The van der Waals surface area contributed by atoms with Gasteiger partial charge in [-0.05, 0) is 57.5 Å². The molecule has 0 spiro atoms. The van der Waals surface area contributed by atoms with Gasteiger partial charge in [0.2, 0.25) is 5.91 Å². The van der Waals surface area contributed by atoms with Crippen LogP contribution in [0.2, 0.25) is 0 Å². The van der Waals surface area contributed by atoms with E-state index in [1.165, 1.54) is 19.3 Å². The van der Waals surface area contributed by atoms with Crippen LogP contribution in [0, 0.1) is 0 Å². The molecule has 0 radical (unpaired) electrons. The van der Waals surface area contributed by atoms with Gasteiger partial charge in [-0.15, -0.1) is 0 Å². The topological polar surface area (TPSA) is 67.3 Å². The highest BCUT2D eigenvalue weighted by Gasteiger charge is 2.15. The van der Waals surface area contributed by atoms with Gasteiger partial charge < -0.3 is 10.1 Å². The summed E-state index contributed by atoms with van der Waals surface area (Å²) in [4.78, 5) is 24.5. The van der Waals surface area contributed by atoms with Gasteiger partial charge in [0.05, 0.1) is 12.1 Å². The van der Waals surface area contributed by atoms with Crippen LogP contribution in [0.25, 0.3) is 22.5 Å². The van der Waals surface area contributed by atoms with E-state index in [1.54, 1.807) is 0 Å². The first-order chi connectivity index (χ1) is 16.6. The average Bonchev–Trinajstić information content (AvgIpc) is 2.85. The fourth-order valence-electron chi connectivity index (χ4n) is 4.28. The number of aromatic nitrogens is 2. The summed E-state index contributed by atoms with van der Waals surface area (Å²) >= 11 is 0. The Hall–Kier alpha value is -3.25. The summed E-state index contributed by atoms with van der Waals surface area (Å²) in [6.45, 7) is 7.85. The smallest absolute Gasteiger partial charge is 0.226 e. The van der Waals surface area contributed by atoms with Crippen molar-refractivity contribution >= 4 is 5.91 Å². The van der Waals surface area contributed by atoms with Crippen molar-refractivity contribution in [1.29, 1.82) is 0 Å². The van der Waals surface area contributed by atoms with Gasteiger partial charge in [0.15, 0.2) is 5.82 Å². The van der Waals surface area contributed by atoms with Crippen LogP contribution in [0.3, 0.4) is 0 Å². The van der Waals surface area contributed by atoms with Crippen LogP contribution >= 0.6 is 0 Å². The van der Waals surface area contributed by atoms with Crippen LogP contribution in [0.1, 0.15) is 38.8 Å². The van der Waals surface area contributed by atoms with Gasteiger partial charge in [-0.3, -0.25) is 9.69 Å². The molecule has 34 heavy (non-hydrogen) atoms. The maximum atomic E-state index is 12.6. The van der Waals surface area contributed by atoms with Crippen molar-refractivity contribution in [3.63, 3.8) is 0 Å². The van der Waals surface area contributed by atoms with E-state index in [2.05, 4.69) is 15.2 Å². The SMILES string of the molecule is CC(C)NC(=O)Cc1nc(-c2cccc(OCCN3CCCCC3)c2)ncc1-c1ccccc1. The molecule has 178 valence electrons. The second-order valence-corrected chi connectivity index (χ2v) is 9.10. The fourth-order valence-corrected chi connectivity index (χ4v) is 4.28. The van der Waals surface area contributed by atoms with Gasteiger partial charge in [0.25, 0.3) is 0 Å². The fraction of sp³-hybridized carbons (Fsp3) is 0.393. The molecule has 6 nitrogen and oxygen atoms in total. The van der Waals surface area contributed by atoms with E-state index in [9.17, 15) is 4.79 Å². The van der Waals surface area contributed by atoms with Crippen LogP contribution in [0.15, 0.2) is 60.8 Å². The highest BCUT2D eigenvalue weighted by Crippen LogP contribution is 2.26. The molecule has 0 aliphatic carbocycles. The molecular formula is C28H34N4O2. The highest BCUT2D eigenvalue weighted by molar-refractivity contribution is 5.81. The lowest BCUT2D eigenvalue weighted by molar-refractivity contribution is -0.120. The maximum absolute atomic E-state index is 12.6. The molecule has 2 aromatic carbocycles. The Morgan fingerprint density at radius 3 is 2.56 bits per heavy atom. The number of hydrogen-bond acceptors (Lipinski definition) is 5. The molecule has 4 rings (SSSR count). The Bertz CT molecular complexity index is 1080. The Balaban J connectivity index is 1.53. The Kier molecular flexibility index (Phi) is 8.26. The monoisotopic (exact) mass is 458 g/mol.